The number of rotatable bonds is 7. The minimum Gasteiger partial charge on any atom is -0.450 e. The van der Waals surface area contributed by atoms with Gasteiger partial charge in [0.05, 0.1) is 55.5 Å². The normalized spacial score (nSPS) is 12.5. The smallest absolute Gasteiger partial charge is 0.242 e. The minimum atomic E-state index is -0.172. The Morgan fingerprint density at radius 3 is 0.849 bits per heavy atom. The maximum Gasteiger partial charge on any atom is 0.242 e. The monoisotopic (exact) mass is 1200 g/mol. The zero-order valence-corrected chi connectivity index (χ0v) is 52.2. The molecule has 0 fully saturated rings. The summed E-state index contributed by atoms with van der Waals surface area (Å²) >= 11 is 0. The molecule has 2 aliphatic rings. The van der Waals surface area contributed by atoms with E-state index < -0.39 is 0 Å². The van der Waals surface area contributed by atoms with Crippen LogP contribution in [0.5, 0.6) is 46.0 Å². The van der Waals surface area contributed by atoms with Crippen LogP contribution < -0.4 is 35.3 Å². The molecule has 6 heterocycles. The highest BCUT2D eigenvalue weighted by Crippen LogP contribution is 2.50. The van der Waals surface area contributed by atoms with Gasteiger partial charge in [0, 0.05) is 66.6 Å². The lowest BCUT2D eigenvalue weighted by atomic mass is 9.34. The van der Waals surface area contributed by atoms with Crippen LogP contribution in [0, 0.1) is 41.5 Å². The van der Waals surface area contributed by atoms with Crippen molar-refractivity contribution in [3.05, 3.63) is 282 Å². The summed E-state index contributed by atoms with van der Waals surface area (Å²) in [5.74, 6) is 5.45. The Morgan fingerprint density at radius 2 is 0.516 bits per heavy atom. The Balaban J connectivity index is 0.958. The highest BCUT2D eigenvalue weighted by Gasteiger charge is 2.33. The van der Waals surface area contributed by atoms with Crippen molar-refractivity contribution < 1.29 is 18.9 Å². The Morgan fingerprint density at radius 1 is 0.237 bits per heavy atom. The van der Waals surface area contributed by atoms with Crippen LogP contribution in [0.15, 0.2) is 249 Å². The van der Waals surface area contributed by atoms with Crippen LogP contribution in [0.3, 0.4) is 0 Å². The molecule has 0 spiro atoms. The first-order valence-corrected chi connectivity index (χ1v) is 32.0. The van der Waals surface area contributed by atoms with Gasteiger partial charge in [0.1, 0.15) is 0 Å². The van der Waals surface area contributed by atoms with Gasteiger partial charge in [0.2, 0.25) is 6.71 Å². The number of hydrogen-bond donors (Lipinski definition) is 0. The van der Waals surface area contributed by atoms with Crippen molar-refractivity contribution in [3.8, 4) is 68.7 Å². The molecule has 0 bridgehead atoms. The number of fused-ring (bicyclic) bond motifs is 18. The molecule has 19 rings (SSSR count). The van der Waals surface area contributed by atoms with Crippen molar-refractivity contribution >= 4 is 110 Å². The summed E-state index contributed by atoms with van der Waals surface area (Å²) in [6.07, 6.45) is 0. The van der Waals surface area contributed by atoms with Gasteiger partial charge in [0.15, 0.2) is 46.0 Å². The van der Waals surface area contributed by atoms with E-state index in [-0.39, 0.29) is 6.71 Å². The van der Waals surface area contributed by atoms with Gasteiger partial charge in [-0.3, -0.25) is 0 Å². The molecule has 0 saturated carbocycles. The fourth-order valence-electron chi connectivity index (χ4n) is 16.2. The second kappa shape index (κ2) is 19.9. The van der Waals surface area contributed by atoms with Crippen LogP contribution >= 0.6 is 0 Å². The van der Waals surface area contributed by atoms with E-state index in [0.29, 0.717) is 46.0 Å². The fourth-order valence-corrected chi connectivity index (χ4v) is 16.2. The van der Waals surface area contributed by atoms with Crippen molar-refractivity contribution in [2.45, 2.75) is 41.5 Å². The van der Waals surface area contributed by atoms with E-state index in [2.05, 4.69) is 248 Å². The van der Waals surface area contributed by atoms with E-state index >= 15 is 0 Å². The van der Waals surface area contributed by atoms with Gasteiger partial charge in [-0.1, -0.05) is 195 Å². The second-order valence-electron chi connectivity index (χ2n) is 25.5. The maximum atomic E-state index is 6.69. The van der Waals surface area contributed by atoms with E-state index in [1.807, 2.05) is 60.7 Å². The summed E-state index contributed by atoms with van der Waals surface area (Å²) in [6.45, 7) is 13.5. The largest absolute Gasteiger partial charge is 0.450 e. The molecule has 17 aromatic rings. The topological polar surface area (TPSA) is 56.6 Å². The molecule has 0 saturated heterocycles. The maximum absolute atomic E-state index is 6.69. The molecular formula is C84H59BN4O4. The van der Waals surface area contributed by atoms with Crippen LogP contribution in [0.4, 0.5) is 0 Å². The first-order chi connectivity index (χ1) is 45.6. The number of para-hydroxylation sites is 8. The summed E-state index contributed by atoms with van der Waals surface area (Å²) in [7, 11) is 0. The molecule has 442 valence electrons. The van der Waals surface area contributed by atoms with E-state index in [0.717, 1.165) is 110 Å². The SMILES string of the molecule is Cc1cc(C)c(B(c2cc(-n3c4ccccc4c4ccc5c6ccccc6n(-c6ccc7c(c6)Oc6ccccc6O7)c5c43)cc(-n3c4ccccc4c4ccc5c6ccccc6n(-c6ccc7c(c6)Oc6ccccc6O7)c5c43)c2)c2c(C)cc(C)cc2C)c(C)c1. The minimum absolute atomic E-state index is 0.172. The number of aromatic nitrogens is 4. The first kappa shape index (κ1) is 53.2. The predicted octanol–water partition coefficient (Wildman–Crippen LogP) is 20.2. The van der Waals surface area contributed by atoms with Gasteiger partial charge in [-0.05, 0) is 133 Å². The fraction of sp³-hybridized carbons (Fsp3) is 0.0714. The summed E-state index contributed by atoms with van der Waals surface area (Å²) in [6, 6.07) is 90.3. The van der Waals surface area contributed by atoms with Gasteiger partial charge < -0.3 is 37.2 Å². The molecule has 0 radical (unpaired) electrons. The third-order valence-electron chi connectivity index (χ3n) is 19.7. The van der Waals surface area contributed by atoms with Gasteiger partial charge in [-0.2, -0.15) is 0 Å². The molecule has 0 aliphatic carbocycles. The molecule has 0 N–H and O–H groups in total. The number of hydrogen-bond acceptors (Lipinski definition) is 4. The number of nitrogens with zero attached hydrogens (tertiary/aromatic N) is 4. The van der Waals surface area contributed by atoms with Crippen LogP contribution in [-0.2, 0) is 0 Å². The molecular weight excluding hydrogens is 1140 g/mol. The van der Waals surface area contributed by atoms with E-state index in [4.69, 9.17) is 18.9 Å². The standard InChI is InChI=1S/C84H59BN4O4/c1-48-39-50(3)79(51(4)40-48)85(80-52(5)41-49(2)42-53(80)6)54-43-57(88-69-25-13-9-21-61(69)65-35-33-63-59-19-7-11-23-67(59)86(81(63)83(65)88)55-31-37-75-77(46-55)92-73-29-17-15-27-71(73)90-75)45-58(44-54)89-70-26-14-10-22-62(70)66-36-34-64-60-20-8-12-24-68(60)87(82(64)84(66)89)56-32-38-76-78(47-56)93-74-30-18-16-28-72(74)91-76/h7-47H,1-6H3. The molecule has 0 atom stereocenters. The van der Waals surface area contributed by atoms with Crippen molar-refractivity contribution in [2.75, 3.05) is 0 Å². The third-order valence-corrected chi connectivity index (χ3v) is 19.7. The molecule has 4 aromatic heterocycles. The second-order valence-corrected chi connectivity index (χ2v) is 25.5. The third kappa shape index (κ3) is 7.86. The average Bonchev–Trinajstić information content (AvgIpc) is 1.52. The van der Waals surface area contributed by atoms with Crippen LogP contribution in [-0.4, -0.2) is 25.0 Å². The van der Waals surface area contributed by atoms with Gasteiger partial charge >= 0.3 is 0 Å². The zero-order valence-electron chi connectivity index (χ0n) is 52.2. The highest BCUT2D eigenvalue weighted by molar-refractivity contribution is 6.96. The zero-order chi connectivity index (χ0) is 62.1. The van der Waals surface area contributed by atoms with E-state index in [9.17, 15) is 0 Å². The summed E-state index contributed by atoms with van der Waals surface area (Å²) in [5, 5.41) is 9.24. The van der Waals surface area contributed by atoms with Crippen LogP contribution in [0.2, 0.25) is 0 Å². The lowest BCUT2D eigenvalue weighted by Gasteiger charge is -2.26. The molecule has 0 amide bonds. The number of aryl methyl sites for hydroxylation is 6. The molecule has 8 nitrogen and oxygen atoms in total. The Labute approximate surface area is 536 Å². The lowest BCUT2D eigenvalue weighted by Crippen LogP contribution is -2.56. The summed E-state index contributed by atoms with van der Waals surface area (Å²) in [4.78, 5) is 0. The Hall–Kier alpha value is -11.7. The van der Waals surface area contributed by atoms with E-state index in [1.165, 1.54) is 49.8 Å². The number of benzene rings is 13. The van der Waals surface area contributed by atoms with Gasteiger partial charge in [-0.25, -0.2) is 0 Å². The van der Waals surface area contributed by atoms with Crippen molar-refractivity contribution in [1.29, 1.82) is 0 Å². The molecule has 0 unspecified atom stereocenters. The highest BCUT2D eigenvalue weighted by atomic mass is 16.6. The van der Waals surface area contributed by atoms with Crippen molar-refractivity contribution in [1.82, 2.24) is 18.3 Å². The quantitative estimate of drug-likeness (QED) is 0.149. The molecule has 9 heteroatoms. The lowest BCUT2D eigenvalue weighted by molar-refractivity contribution is 0.359. The average molecular weight is 1200 g/mol. The summed E-state index contributed by atoms with van der Waals surface area (Å²) in [5.41, 5.74) is 24.1. The van der Waals surface area contributed by atoms with Gasteiger partial charge in [0.25, 0.3) is 0 Å². The molecule has 93 heavy (non-hydrogen) atoms. The Kier molecular flexibility index (Phi) is 11.4. The van der Waals surface area contributed by atoms with Crippen LogP contribution in [0.1, 0.15) is 33.4 Å². The molecule has 2 aliphatic heterocycles. The Bertz CT molecular complexity index is 5700. The number of ether oxygens (including phenoxy) is 4. The summed E-state index contributed by atoms with van der Waals surface area (Å²) < 4.78 is 36.4. The molecule has 13 aromatic carbocycles. The van der Waals surface area contributed by atoms with Crippen molar-refractivity contribution in [2.24, 2.45) is 0 Å². The van der Waals surface area contributed by atoms with Crippen molar-refractivity contribution in [3.63, 3.8) is 0 Å². The van der Waals surface area contributed by atoms with Gasteiger partial charge in [-0.15, -0.1) is 0 Å². The predicted molar refractivity (Wildman–Crippen MR) is 383 cm³/mol. The van der Waals surface area contributed by atoms with Crippen LogP contribution in [0.25, 0.3) is 110 Å². The first-order valence-electron chi connectivity index (χ1n) is 32.0. The van der Waals surface area contributed by atoms with E-state index in [1.54, 1.807) is 0 Å².